The number of aliphatic hydroxyl groups excluding tert-OH is 1. The summed E-state index contributed by atoms with van der Waals surface area (Å²) in [5.74, 6) is -0.605. The monoisotopic (exact) mass is 425 g/mol. The van der Waals surface area contributed by atoms with Crippen molar-refractivity contribution in [2.45, 2.75) is 17.5 Å². The molecule has 154 valence electrons. The molecule has 0 saturated carbocycles. The third kappa shape index (κ3) is 4.65. The Morgan fingerprint density at radius 2 is 1.86 bits per heavy atom. The zero-order valence-electron chi connectivity index (χ0n) is 15.3. The zero-order valence-corrected chi connectivity index (χ0v) is 16.2. The summed E-state index contributed by atoms with van der Waals surface area (Å²) in [5.41, 5.74) is 0.875. The number of nitrogens with one attached hydrogen (secondary N) is 2. The molecule has 6 nitrogen and oxygen atoms in total. The number of benzene rings is 2. The van der Waals surface area contributed by atoms with Crippen molar-refractivity contribution in [2.24, 2.45) is 0 Å². The number of anilines is 3. The number of nitrogens with zero attached hydrogens (tertiary/aromatic N) is 1. The van der Waals surface area contributed by atoms with E-state index >= 15 is 0 Å². The van der Waals surface area contributed by atoms with Crippen LogP contribution in [0.25, 0.3) is 0 Å². The van der Waals surface area contributed by atoms with E-state index in [9.17, 15) is 22.8 Å². The lowest BCUT2D eigenvalue weighted by Gasteiger charge is -2.20. The third-order valence-corrected chi connectivity index (χ3v) is 5.17. The minimum atomic E-state index is -4.52. The van der Waals surface area contributed by atoms with E-state index in [4.69, 9.17) is 5.11 Å². The first-order chi connectivity index (χ1) is 13.7. The molecule has 2 aromatic rings. The molecule has 3 amide bonds. The fourth-order valence-electron chi connectivity index (χ4n) is 3.08. The lowest BCUT2D eigenvalue weighted by Crippen LogP contribution is -2.33. The van der Waals surface area contributed by atoms with E-state index in [0.717, 1.165) is 17.8 Å². The van der Waals surface area contributed by atoms with Gasteiger partial charge in [-0.2, -0.15) is 13.2 Å². The number of fused-ring (bicyclic) bond motifs is 1. The number of carbonyl (C=O) groups excluding carboxylic acids is 2. The Kier molecular flexibility index (Phi) is 6.04. The SMILES string of the molecule is CSc1cc2c(cc1C(F)(F)F)N(C(=O)Nc1cccc(NC(=O)CO)c1)CC2. The number of urea groups is 1. The number of rotatable bonds is 4. The normalized spacial score (nSPS) is 13.2. The molecule has 0 aromatic heterocycles. The molecular formula is C19H18F3N3O3S. The van der Waals surface area contributed by atoms with Gasteiger partial charge in [-0.1, -0.05) is 6.07 Å². The summed E-state index contributed by atoms with van der Waals surface area (Å²) >= 11 is 1.02. The van der Waals surface area contributed by atoms with E-state index in [-0.39, 0.29) is 17.1 Å². The molecule has 0 radical (unpaired) electrons. The Hall–Kier alpha value is -2.72. The number of alkyl halides is 3. The number of carbonyl (C=O) groups is 2. The molecule has 2 aromatic carbocycles. The average molecular weight is 425 g/mol. The van der Waals surface area contributed by atoms with E-state index in [1.807, 2.05) is 0 Å². The lowest BCUT2D eigenvalue weighted by molar-refractivity contribution is -0.139. The van der Waals surface area contributed by atoms with Gasteiger partial charge >= 0.3 is 12.2 Å². The minimum absolute atomic E-state index is 0.130. The summed E-state index contributed by atoms with van der Waals surface area (Å²) in [6.07, 6.45) is -2.47. The maximum Gasteiger partial charge on any atom is 0.417 e. The predicted molar refractivity (Wildman–Crippen MR) is 105 cm³/mol. The van der Waals surface area contributed by atoms with Crippen LogP contribution in [0.3, 0.4) is 0 Å². The molecule has 1 heterocycles. The molecular weight excluding hydrogens is 407 g/mol. The number of hydrogen-bond donors (Lipinski definition) is 3. The second-order valence-corrected chi connectivity index (χ2v) is 7.15. The summed E-state index contributed by atoms with van der Waals surface area (Å²) in [5, 5.41) is 13.9. The van der Waals surface area contributed by atoms with Crippen LogP contribution in [0.5, 0.6) is 0 Å². The van der Waals surface area contributed by atoms with Gasteiger partial charge in [-0.05, 0) is 48.6 Å². The van der Waals surface area contributed by atoms with E-state index in [1.54, 1.807) is 24.5 Å². The van der Waals surface area contributed by atoms with Crippen LogP contribution in [0.2, 0.25) is 0 Å². The highest BCUT2D eigenvalue weighted by molar-refractivity contribution is 7.98. The van der Waals surface area contributed by atoms with E-state index in [1.165, 1.54) is 17.0 Å². The van der Waals surface area contributed by atoms with E-state index in [2.05, 4.69) is 10.6 Å². The number of halogens is 3. The highest BCUT2D eigenvalue weighted by Crippen LogP contribution is 2.42. The molecule has 3 N–H and O–H groups in total. The summed E-state index contributed by atoms with van der Waals surface area (Å²) in [6, 6.07) is 8.18. The van der Waals surface area contributed by atoms with Gasteiger partial charge in [-0.25, -0.2) is 4.79 Å². The van der Waals surface area contributed by atoms with Crippen LogP contribution in [0, 0.1) is 0 Å². The zero-order chi connectivity index (χ0) is 21.2. The van der Waals surface area contributed by atoms with Gasteiger partial charge in [-0.3, -0.25) is 9.69 Å². The van der Waals surface area contributed by atoms with Gasteiger partial charge in [0.15, 0.2) is 0 Å². The van der Waals surface area contributed by atoms with Crippen molar-refractivity contribution in [1.29, 1.82) is 0 Å². The first-order valence-electron chi connectivity index (χ1n) is 8.60. The van der Waals surface area contributed by atoms with E-state index in [0.29, 0.717) is 23.4 Å². The molecule has 0 aliphatic carbocycles. The molecule has 0 fully saturated rings. The standard InChI is InChI=1S/C19H18F3N3O3S/c1-29-16-7-11-5-6-25(15(11)9-14(16)19(20,21)22)18(28)24-13-4-2-3-12(8-13)23-17(27)10-26/h2-4,7-9,26H,5-6,10H2,1H3,(H,23,27)(H,24,28). The van der Waals surface area contributed by atoms with Gasteiger partial charge in [0.05, 0.1) is 5.56 Å². The molecule has 0 spiro atoms. The molecule has 1 aliphatic heterocycles. The molecule has 1 aliphatic rings. The average Bonchev–Trinajstić information content (AvgIpc) is 3.09. The Bertz CT molecular complexity index is 950. The Morgan fingerprint density at radius 3 is 2.48 bits per heavy atom. The van der Waals surface area contributed by atoms with Crippen molar-refractivity contribution < 1.29 is 27.9 Å². The van der Waals surface area contributed by atoms with Gasteiger partial charge in [-0.15, -0.1) is 11.8 Å². The van der Waals surface area contributed by atoms with Crippen LogP contribution < -0.4 is 15.5 Å². The van der Waals surface area contributed by atoms with Crippen molar-refractivity contribution in [2.75, 3.05) is 34.9 Å². The fraction of sp³-hybridized carbons (Fsp3) is 0.263. The Balaban J connectivity index is 1.83. The molecule has 0 bridgehead atoms. The first-order valence-corrected chi connectivity index (χ1v) is 9.83. The van der Waals surface area contributed by atoms with Crippen LogP contribution in [-0.4, -0.2) is 36.5 Å². The van der Waals surface area contributed by atoms with Crippen LogP contribution >= 0.6 is 11.8 Å². The highest BCUT2D eigenvalue weighted by Gasteiger charge is 2.36. The smallest absolute Gasteiger partial charge is 0.387 e. The van der Waals surface area contributed by atoms with Crippen molar-refractivity contribution in [3.63, 3.8) is 0 Å². The van der Waals surface area contributed by atoms with Gasteiger partial charge < -0.3 is 15.7 Å². The molecule has 29 heavy (non-hydrogen) atoms. The second kappa shape index (κ2) is 8.34. The third-order valence-electron chi connectivity index (χ3n) is 4.39. The maximum absolute atomic E-state index is 13.4. The van der Waals surface area contributed by atoms with Gasteiger partial charge in [0, 0.05) is 28.5 Å². The van der Waals surface area contributed by atoms with Crippen molar-refractivity contribution >= 4 is 40.8 Å². The van der Waals surface area contributed by atoms with Crippen LogP contribution in [0.15, 0.2) is 41.3 Å². The second-order valence-electron chi connectivity index (χ2n) is 6.30. The largest absolute Gasteiger partial charge is 0.417 e. The Labute approximate surface area is 169 Å². The van der Waals surface area contributed by atoms with Crippen molar-refractivity contribution in [1.82, 2.24) is 0 Å². The fourth-order valence-corrected chi connectivity index (χ4v) is 3.74. The Morgan fingerprint density at radius 1 is 1.17 bits per heavy atom. The van der Waals surface area contributed by atoms with Crippen molar-refractivity contribution in [3.8, 4) is 0 Å². The number of hydrogen-bond acceptors (Lipinski definition) is 4. The van der Waals surface area contributed by atoms with Crippen LogP contribution in [0.1, 0.15) is 11.1 Å². The maximum atomic E-state index is 13.4. The lowest BCUT2D eigenvalue weighted by atomic mass is 10.1. The summed E-state index contributed by atoms with van der Waals surface area (Å²) in [6.45, 7) is -0.419. The topological polar surface area (TPSA) is 81.7 Å². The van der Waals surface area contributed by atoms with E-state index < -0.39 is 30.3 Å². The summed E-state index contributed by atoms with van der Waals surface area (Å²) in [7, 11) is 0. The molecule has 10 heteroatoms. The van der Waals surface area contributed by atoms with Crippen LogP contribution in [0.4, 0.5) is 35.0 Å². The van der Waals surface area contributed by atoms with Crippen molar-refractivity contribution in [3.05, 3.63) is 47.5 Å². The summed E-state index contributed by atoms with van der Waals surface area (Å²) in [4.78, 5) is 25.4. The first kappa shape index (κ1) is 21.0. The van der Waals surface area contributed by atoms with Gasteiger partial charge in [0.1, 0.15) is 6.61 Å². The predicted octanol–water partition coefficient (Wildman–Crippen LogP) is 3.95. The van der Waals surface area contributed by atoms with Crippen LogP contribution in [-0.2, 0) is 17.4 Å². The molecule has 0 unspecified atom stereocenters. The van der Waals surface area contributed by atoms with Gasteiger partial charge in [0.2, 0.25) is 5.91 Å². The molecule has 3 rings (SSSR count). The highest BCUT2D eigenvalue weighted by atomic mass is 32.2. The molecule has 0 atom stereocenters. The number of aliphatic hydroxyl groups is 1. The number of thioether (sulfide) groups is 1. The quantitative estimate of drug-likeness (QED) is 0.648. The number of amides is 3. The molecule has 0 saturated heterocycles. The summed E-state index contributed by atoms with van der Waals surface area (Å²) < 4.78 is 40.1. The minimum Gasteiger partial charge on any atom is -0.387 e. The van der Waals surface area contributed by atoms with Gasteiger partial charge in [0.25, 0.3) is 0 Å².